The SMILES string of the molecule is COC(=O)[C@@H](C)NS(=O)(=O)c1ccc([N+](=O)[O-])cc1[N+](=O)[O-]. The number of ether oxygens (including phenoxy) is 1. The third-order valence-corrected chi connectivity index (χ3v) is 4.11. The minimum Gasteiger partial charge on any atom is -0.468 e. The molecule has 0 bridgehead atoms. The molecule has 22 heavy (non-hydrogen) atoms. The number of esters is 1. The highest BCUT2D eigenvalue weighted by atomic mass is 32.2. The summed E-state index contributed by atoms with van der Waals surface area (Å²) in [6.07, 6.45) is 0. The van der Waals surface area contributed by atoms with Gasteiger partial charge >= 0.3 is 5.97 Å². The maximum absolute atomic E-state index is 12.1. The summed E-state index contributed by atoms with van der Waals surface area (Å²) in [5.41, 5.74) is -1.61. The van der Waals surface area contributed by atoms with Crippen LogP contribution in [-0.4, -0.2) is 37.4 Å². The number of carbonyl (C=O) groups is 1. The number of non-ortho nitro benzene ring substituents is 1. The number of nitro benzene ring substituents is 2. The number of benzene rings is 1. The fraction of sp³-hybridized carbons (Fsp3) is 0.300. The van der Waals surface area contributed by atoms with E-state index >= 15 is 0 Å². The van der Waals surface area contributed by atoms with Gasteiger partial charge in [-0.1, -0.05) is 0 Å². The van der Waals surface area contributed by atoms with Gasteiger partial charge in [-0.05, 0) is 13.0 Å². The molecule has 11 nitrogen and oxygen atoms in total. The van der Waals surface area contributed by atoms with Crippen molar-refractivity contribution in [3.05, 3.63) is 38.4 Å². The van der Waals surface area contributed by atoms with Gasteiger partial charge in [0.2, 0.25) is 10.0 Å². The zero-order valence-electron chi connectivity index (χ0n) is 11.4. The Bertz CT molecular complexity index is 730. The van der Waals surface area contributed by atoms with Gasteiger partial charge in [0.25, 0.3) is 11.4 Å². The highest BCUT2D eigenvalue weighted by Gasteiger charge is 2.31. The third-order valence-electron chi connectivity index (χ3n) is 2.53. The van der Waals surface area contributed by atoms with Crippen molar-refractivity contribution in [2.75, 3.05) is 7.11 Å². The van der Waals surface area contributed by atoms with Crippen LogP contribution >= 0.6 is 0 Å². The van der Waals surface area contributed by atoms with E-state index in [0.29, 0.717) is 6.07 Å². The van der Waals surface area contributed by atoms with E-state index in [2.05, 4.69) is 4.74 Å². The van der Waals surface area contributed by atoms with Gasteiger partial charge in [0.15, 0.2) is 4.90 Å². The van der Waals surface area contributed by atoms with Crippen LogP contribution in [0.1, 0.15) is 6.92 Å². The van der Waals surface area contributed by atoms with Crippen molar-refractivity contribution in [2.24, 2.45) is 0 Å². The van der Waals surface area contributed by atoms with Gasteiger partial charge < -0.3 is 4.74 Å². The van der Waals surface area contributed by atoms with E-state index in [4.69, 9.17) is 0 Å². The van der Waals surface area contributed by atoms with Gasteiger partial charge in [-0.25, -0.2) is 8.42 Å². The van der Waals surface area contributed by atoms with Crippen LogP contribution in [0.4, 0.5) is 11.4 Å². The number of hydrogen-bond donors (Lipinski definition) is 1. The first-order valence-electron chi connectivity index (χ1n) is 5.63. The van der Waals surface area contributed by atoms with Crippen LogP contribution in [0.3, 0.4) is 0 Å². The number of nitrogens with zero attached hydrogens (tertiary/aromatic N) is 2. The van der Waals surface area contributed by atoms with Crippen molar-refractivity contribution < 1.29 is 27.8 Å². The first-order chi connectivity index (χ1) is 10.1. The summed E-state index contributed by atoms with van der Waals surface area (Å²) in [5.74, 6) is -0.895. The van der Waals surface area contributed by atoms with E-state index < -0.39 is 48.2 Å². The molecule has 120 valence electrons. The molecular weight excluding hydrogens is 322 g/mol. The van der Waals surface area contributed by atoms with Crippen molar-refractivity contribution in [3.63, 3.8) is 0 Å². The third kappa shape index (κ3) is 3.73. The summed E-state index contributed by atoms with van der Waals surface area (Å²) in [7, 11) is -3.40. The molecule has 0 unspecified atom stereocenters. The molecule has 1 atom stereocenters. The van der Waals surface area contributed by atoms with Crippen LogP contribution in [0.2, 0.25) is 0 Å². The molecule has 0 aliphatic rings. The first-order valence-corrected chi connectivity index (χ1v) is 7.11. The lowest BCUT2D eigenvalue weighted by Crippen LogP contribution is -2.39. The summed E-state index contributed by atoms with van der Waals surface area (Å²) in [5, 5.41) is 21.5. The maximum atomic E-state index is 12.1. The van der Waals surface area contributed by atoms with Crippen molar-refractivity contribution >= 4 is 27.4 Å². The molecular formula is C10H11N3O8S. The zero-order chi connectivity index (χ0) is 17.1. The number of hydrogen-bond acceptors (Lipinski definition) is 8. The molecule has 1 rings (SSSR count). The lowest BCUT2D eigenvalue weighted by molar-refractivity contribution is -0.396. The van der Waals surface area contributed by atoms with Gasteiger partial charge in [-0.15, -0.1) is 0 Å². The smallest absolute Gasteiger partial charge is 0.323 e. The molecule has 0 heterocycles. The van der Waals surface area contributed by atoms with E-state index in [1.165, 1.54) is 6.92 Å². The van der Waals surface area contributed by atoms with Gasteiger partial charge in [-0.3, -0.25) is 25.0 Å². The van der Waals surface area contributed by atoms with Crippen LogP contribution in [0.25, 0.3) is 0 Å². The average Bonchev–Trinajstić information content (AvgIpc) is 2.44. The van der Waals surface area contributed by atoms with Crippen molar-refractivity contribution in [2.45, 2.75) is 17.9 Å². The molecule has 0 aliphatic carbocycles. The second-order valence-corrected chi connectivity index (χ2v) is 5.71. The average molecular weight is 333 g/mol. The lowest BCUT2D eigenvalue weighted by atomic mass is 10.3. The summed E-state index contributed by atoms with van der Waals surface area (Å²) in [6, 6.07) is 0.773. The molecule has 1 N–H and O–H groups in total. The van der Waals surface area contributed by atoms with Crippen molar-refractivity contribution in [1.82, 2.24) is 4.72 Å². The van der Waals surface area contributed by atoms with E-state index in [-0.39, 0.29) is 0 Å². The molecule has 0 aliphatic heterocycles. The largest absolute Gasteiger partial charge is 0.468 e. The van der Waals surface area contributed by atoms with Crippen LogP contribution in [0.15, 0.2) is 23.1 Å². The minimum absolute atomic E-state index is 0.525. The molecule has 12 heteroatoms. The molecule has 1 aromatic carbocycles. The van der Waals surface area contributed by atoms with Crippen LogP contribution in [0, 0.1) is 20.2 Å². The van der Waals surface area contributed by atoms with Crippen LogP contribution < -0.4 is 4.72 Å². The summed E-state index contributed by atoms with van der Waals surface area (Å²) in [6.45, 7) is 1.18. The van der Waals surface area contributed by atoms with Gasteiger partial charge in [-0.2, -0.15) is 4.72 Å². The van der Waals surface area contributed by atoms with E-state index in [1.807, 2.05) is 4.72 Å². The fourth-order valence-electron chi connectivity index (χ4n) is 1.51. The number of rotatable bonds is 6. The number of carbonyl (C=O) groups excluding carboxylic acids is 1. The van der Waals surface area contributed by atoms with E-state index in [0.717, 1.165) is 19.2 Å². The Labute approximate surface area is 124 Å². The topological polar surface area (TPSA) is 159 Å². The Hall–Kier alpha value is -2.60. The zero-order valence-corrected chi connectivity index (χ0v) is 12.2. The minimum atomic E-state index is -4.45. The monoisotopic (exact) mass is 333 g/mol. The Kier molecular flexibility index (Phi) is 5.11. The Morgan fingerprint density at radius 1 is 1.27 bits per heavy atom. The molecule has 0 fully saturated rings. The Balaban J connectivity index is 3.33. The normalized spacial score (nSPS) is 12.5. The van der Waals surface area contributed by atoms with Gasteiger partial charge in [0, 0.05) is 6.07 Å². The second kappa shape index (κ2) is 6.44. The summed E-state index contributed by atoms with van der Waals surface area (Å²) in [4.78, 5) is 30.0. The fourth-order valence-corrected chi connectivity index (χ4v) is 2.85. The van der Waals surface area contributed by atoms with Crippen LogP contribution in [0.5, 0.6) is 0 Å². The van der Waals surface area contributed by atoms with E-state index in [9.17, 15) is 33.4 Å². The predicted molar refractivity (Wildman–Crippen MR) is 71.6 cm³/mol. The number of sulfonamides is 1. The molecule has 0 aromatic heterocycles. The molecule has 0 saturated carbocycles. The lowest BCUT2D eigenvalue weighted by Gasteiger charge is -2.12. The standard InChI is InChI=1S/C10H11N3O8S/c1-6(10(14)21-2)11-22(19,20)9-4-3-7(12(15)16)5-8(9)13(17)18/h3-6,11H,1-2H3/t6-/m1/s1. The second-order valence-electron chi connectivity index (χ2n) is 4.03. The van der Waals surface area contributed by atoms with Gasteiger partial charge in [0.1, 0.15) is 6.04 Å². The predicted octanol–water partition coefficient (Wildman–Crippen LogP) is 0.343. The molecule has 0 saturated heterocycles. The molecule has 0 spiro atoms. The summed E-state index contributed by atoms with van der Waals surface area (Å²) < 4.78 is 30.4. The Morgan fingerprint density at radius 3 is 2.32 bits per heavy atom. The molecule has 1 aromatic rings. The quantitative estimate of drug-likeness (QED) is 0.443. The number of methoxy groups -OCH3 is 1. The van der Waals surface area contributed by atoms with Crippen LogP contribution in [-0.2, 0) is 19.6 Å². The maximum Gasteiger partial charge on any atom is 0.323 e. The molecule has 0 amide bonds. The van der Waals surface area contributed by atoms with E-state index in [1.54, 1.807) is 0 Å². The van der Waals surface area contributed by atoms with Gasteiger partial charge in [0.05, 0.1) is 23.0 Å². The Morgan fingerprint density at radius 2 is 1.86 bits per heavy atom. The molecule has 0 radical (unpaired) electrons. The highest BCUT2D eigenvalue weighted by Crippen LogP contribution is 2.28. The summed E-state index contributed by atoms with van der Waals surface area (Å²) >= 11 is 0. The highest BCUT2D eigenvalue weighted by molar-refractivity contribution is 7.89. The first kappa shape index (κ1) is 17.5. The number of nitro groups is 2. The number of nitrogens with one attached hydrogen (secondary N) is 1. The van der Waals surface area contributed by atoms with Crippen molar-refractivity contribution in [1.29, 1.82) is 0 Å². The van der Waals surface area contributed by atoms with Crippen molar-refractivity contribution in [3.8, 4) is 0 Å².